The summed E-state index contributed by atoms with van der Waals surface area (Å²) in [5, 5.41) is 43.5. The first-order valence-corrected chi connectivity index (χ1v) is 18.6. The first-order valence-electron chi connectivity index (χ1n) is 18.6. The maximum absolute atomic E-state index is 13.1. The summed E-state index contributed by atoms with van der Waals surface area (Å²) < 4.78 is 12.3. The number of aliphatic hydroxyl groups is 2. The number of hydrogen-bond acceptors (Lipinski definition) is 8. The minimum Gasteiger partial charge on any atom is -0.507 e. The SMILES string of the molecule is Cc1cccc(Cc2cccc(Cc3cccc(Cc4cccc(C)c4OCC(=O)/C=C(\O)c4ccccc4)c3O)c2OCC(=O)/C=C(\O)c2ccccc2)c1O. The van der Waals surface area contributed by atoms with Gasteiger partial charge in [0.05, 0.1) is 0 Å². The molecule has 8 nitrogen and oxygen atoms in total. The molecule has 0 radical (unpaired) electrons. The molecule has 0 unspecified atom stereocenters. The molecule has 57 heavy (non-hydrogen) atoms. The van der Waals surface area contributed by atoms with Crippen molar-refractivity contribution in [2.45, 2.75) is 33.1 Å². The van der Waals surface area contributed by atoms with E-state index in [1.165, 1.54) is 0 Å². The second-order valence-electron chi connectivity index (χ2n) is 13.8. The normalized spacial score (nSPS) is 11.6. The van der Waals surface area contributed by atoms with Crippen molar-refractivity contribution in [2.24, 2.45) is 0 Å². The number of ether oxygens (including phenoxy) is 2. The molecule has 0 aromatic heterocycles. The van der Waals surface area contributed by atoms with Gasteiger partial charge in [-0.15, -0.1) is 0 Å². The van der Waals surface area contributed by atoms with Gasteiger partial charge in [0, 0.05) is 42.5 Å². The molecule has 0 amide bonds. The number of rotatable bonds is 16. The Kier molecular flexibility index (Phi) is 12.9. The molecule has 0 aliphatic carbocycles. The topological polar surface area (TPSA) is 134 Å². The quantitative estimate of drug-likeness (QED) is 0.0567. The summed E-state index contributed by atoms with van der Waals surface area (Å²) >= 11 is 0. The smallest absolute Gasteiger partial charge is 0.196 e. The number of aryl methyl sites for hydroxylation is 2. The van der Waals surface area contributed by atoms with Gasteiger partial charge < -0.3 is 29.9 Å². The summed E-state index contributed by atoms with van der Waals surface area (Å²) in [6.45, 7) is 3.07. The van der Waals surface area contributed by atoms with E-state index in [-0.39, 0.29) is 42.7 Å². The minimum absolute atomic E-state index is 0.0798. The molecule has 0 fully saturated rings. The van der Waals surface area contributed by atoms with Crippen molar-refractivity contribution >= 4 is 23.1 Å². The number of hydrogen-bond donors (Lipinski definition) is 4. The molecular formula is C49H44O8. The van der Waals surface area contributed by atoms with Gasteiger partial charge in [-0.1, -0.05) is 133 Å². The van der Waals surface area contributed by atoms with Crippen LogP contribution in [0, 0.1) is 13.8 Å². The van der Waals surface area contributed by atoms with E-state index < -0.39 is 11.6 Å². The van der Waals surface area contributed by atoms with Crippen molar-refractivity contribution < 1.29 is 39.5 Å². The highest BCUT2D eigenvalue weighted by molar-refractivity contribution is 5.97. The van der Waals surface area contributed by atoms with Crippen molar-refractivity contribution in [3.8, 4) is 23.0 Å². The molecule has 6 aromatic carbocycles. The molecule has 0 spiro atoms. The van der Waals surface area contributed by atoms with Gasteiger partial charge in [-0.3, -0.25) is 9.59 Å². The zero-order chi connectivity index (χ0) is 40.3. The third kappa shape index (κ3) is 10.2. The average Bonchev–Trinajstić information content (AvgIpc) is 3.21. The fraction of sp³-hybridized carbons (Fsp3) is 0.143. The van der Waals surface area contributed by atoms with Crippen molar-refractivity contribution in [3.05, 3.63) is 201 Å². The molecule has 0 aliphatic heterocycles. The van der Waals surface area contributed by atoms with E-state index in [0.717, 1.165) is 34.4 Å². The largest absolute Gasteiger partial charge is 0.507 e. The standard InChI is InChI=1S/C49H44O8/c1-32-13-9-19-36(46(32)54)25-40-23-12-24-41(49(40)57-31-43(51)29-45(53)35-17-7-4-8-18-35)27-38-21-11-20-37(47(38)55)26-39-22-10-14-33(2)48(39)56-30-42(50)28-44(52)34-15-5-3-6-16-34/h3-24,28-29,52-55H,25-27,30-31H2,1-2H3/b44-28-,45-29-. The van der Waals surface area contributed by atoms with Gasteiger partial charge >= 0.3 is 0 Å². The van der Waals surface area contributed by atoms with E-state index in [9.17, 15) is 30.0 Å². The third-order valence-electron chi connectivity index (χ3n) is 9.59. The van der Waals surface area contributed by atoms with Crippen LogP contribution in [0.2, 0.25) is 0 Å². The van der Waals surface area contributed by atoms with Crippen LogP contribution in [0.3, 0.4) is 0 Å². The number of aliphatic hydroxyl groups excluding tert-OH is 2. The lowest BCUT2D eigenvalue weighted by molar-refractivity contribution is -0.117. The van der Waals surface area contributed by atoms with Crippen LogP contribution in [0.25, 0.3) is 11.5 Å². The molecule has 8 heteroatoms. The Morgan fingerprint density at radius 1 is 0.456 bits per heavy atom. The summed E-state index contributed by atoms with van der Waals surface area (Å²) in [4.78, 5) is 25.8. The molecule has 288 valence electrons. The van der Waals surface area contributed by atoms with Crippen molar-refractivity contribution in [2.75, 3.05) is 13.2 Å². The maximum atomic E-state index is 13.1. The molecule has 0 heterocycles. The summed E-state index contributed by atoms with van der Waals surface area (Å²) in [5.41, 5.74) is 6.73. The summed E-state index contributed by atoms with van der Waals surface area (Å²) in [6.07, 6.45) is 3.18. The lowest BCUT2D eigenvalue weighted by Crippen LogP contribution is -2.12. The zero-order valence-corrected chi connectivity index (χ0v) is 31.8. The van der Waals surface area contributed by atoms with Gasteiger partial charge in [-0.05, 0) is 58.4 Å². The number of aromatic hydroxyl groups is 2. The molecule has 6 aromatic rings. The lowest BCUT2D eigenvalue weighted by Gasteiger charge is -2.18. The predicted molar refractivity (Wildman–Crippen MR) is 222 cm³/mol. The van der Waals surface area contributed by atoms with Crippen LogP contribution in [0.15, 0.2) is 146 Å². The minimum atomic E-state index is -0.442. The maximum Gasteiger partial charge on any atom is 0.196 e. The lowest BCUT2D eigenvalue weighted by atomic mass is 9.94. The van der Waals surface area contributed by atoms with Crippen LogP contribution in [-0.4, -0.2) is 45.2 Å². The fourth-order valence-electron chi connectivity index (χ4n) is 6.63. The van der Waals surface area contributed by atoms with Crippen LogP contribution < -0.4 is 9.47 Å². The highest BCUT2D eigenvalue weighted by Crippen LogP contribution is 2.36. The molecule has 0 atom stereocenters. The number of phenols is 2. The first-order chi connectivity index (χ1) is 27.6. The average molecular weight is 761 g/mol. The van der Waals surface area contributed by atoms with E-state index in [2.05, 4.69) is 0 Å². The number of carbonyl (C=O) groups is 2. The molecular weight excluding hydrogens is 717 g/mol. The Labute approximate surface area is 332 Å². The highest BCUT2D eigenvalue weighted by Gasteiger charge is 2.19. The van der Waals surface area contributed by atoms with Crippen molar-refractivity contribution in [1.82, 2.24) is 0 Å². The van der Waals surface area contributed by atoms with Gasteiger partial charge in [0.2, 0.25) is 0 Å². The van der Waals surface area contributed by atoms with E-state index in [0.29, 0.717) is 57.7 Å². The van der Waals surface area contributed by atoms with Crippen LogP contribution in [0.1, 0.15) is 55.6 Å². The Morgan fingerprint density at radius 2 is 0.825 bits per heavy atom. The second kappa shape index (κ2) is 18.5. The van der Waals surface area contributed by atoms with Gasteiger partial charge in [0.25, 0.3) is 0 Å². The van der Waals surface area contributed by atoms with Crippen molar-refractivity contribution in [1.29, 1.82) is 0 Å². The van der Waals surface area contributed by atoms with Crippen molar-refractivity contribution in [3.63, 3.8) is 0 Å². The van der Waals surface area contributed by atoms with Crippen LogP contribution in [0.5, 0.6) is 23.0 Å². The molecule has 6 rings (SSSR count). The molecule has 0 aliphatic rings. The predicted octanol–water partition coefficient (Wildman–Crippen LogP) is 9.58. The zero-order valence-electron chi connectivity index (χ0n) is 31.8. The Hall–Kier alpha value is -7.06. The summed E-state index contributed by atoms with van der Waals surface area (Å²) in [5.74, 6) is 0.0546. The van der Waals surface area contributed by atoms with Crippen LogP contribution >= 0.6 is 0 Å². The number of carbonyl (C=O) groups excluding carboxylic acids is 2. The van der Waals surface area contributed by atoms with Gasteiger partial charge in [-0.25, -0.2) is 0 Å². The number of para-hydroxylation sites is 4. The highest BCUT2D eigenvalue weighted by atomic mass is 16.5. The monoisotopic (exact) mass is 760 g/mol. The molecule has 4 N–H and O–H groups in total. The second-order valence-corrected chi connectivity index (χ2v) is 13.8. The van der Waals surface area contributed by atoms with Gasteiger partial charge in [0.1, 0.15) is 34.5 Å². The Bertz CT molecular complexity index is 2430. The Morgan fingerprint density at radius 3 is 1.30 bits per heavy atom. The van der Waals surface area contributed by atoms with E-state index in [1.54, 1.807) is 48.5 Å². The molecule has 0 bridgehead atoms. The molecule has 0 saturated heterocycles. The number of phenolic OH excluding ortho intramolecular Hbond substituents is 2. The van der Waals surface area contributed by atoms with Gasteiger partial charge in [-0.2, -0.15) is 0 Å². The molecule has 0 saturated carbocycles. The van der Waals surface area contributed by atoms with E-state index in [1.807, 2.05) is 98.8 Å². The third-order valence-corrected chi connectivity index (χ3v) is 9.59. The van der Waals surface area contributed by atoms with Crippen LogP contribution in [0.4, 0.5) is 0 Å². The van der Waals surface area contributed by atoms with Gasteiger partial charge in [0.15, 0.2) is 24.8 Å². The fourth-order valence-corrected chi connectivity index (χ4v) is 6.63. The first kappa shape index (κ1) is 39.6. The summed E-state index contributed by atoms with van der Waals surface area (Å²) in [7, 11) is 0. The van der Waals surface area contributed by atoms with E-state index in [4.69, 9.17) is 9.47 Å². The van der Waals surface area contributed by atoms with Crippen LogP contribution in [-0.2, 0) is 28.9 Å². The number of benzene rings is 6. The number of ketones is 2. The Balaban J connectivity index is 1.25. The van der Waals surface area contributed by atoms with E-state index >= 15 is 0 Å². The summed E-state index contributed by atoms with van der Waals surface area (Å²) in [6, 6.07) is 39.9.